The van der Waals surface area contributed by atoms with E-state index >= 15 is 0 Å². The SMILES string of the molecule is CCCC(CN)(CCC)C(=O)N1CCCCC1CO. The second-order valence-corrected chi connectivity index (χ2v) is 5.82. The number of nitrogens with zero attached hydrogens (tertiary/aromatic N) is 1. The smallest absolute Gasteiger partial charge is 0.230 e. The molecule has 1 unspecified atom stereocenters. The van der Waals surface area contributed by atoms with Crippen LogP contribution in [0.4, 0.5) is 0 Å². The summed E-state index contributed by atoms with van der Waals surface area (Å²) in [4.78, 5) is 14.8. The van der Waals surface area contributed by atoms with Crippen LogP contribution in [0.15, 0.2) is 0 Å². The van der Waals surface area contributed by atoms with Crippen molar-refractivity contribution in [3.05, 3.63) is 0 Å². The van der Waals surface area contributed by atoms with E-state index < -0.39 is 5.41 Å². The van der Waals surface area contributed by atoms with Crippen molar-refractivity contribution < 1.29 is 9.90 Å². The predicted octanol–water partition coefficient (Wildman–Crippen LogP) is 1.91. The fourth-order valence-electron chi connectivity index (χ4n) is 3.35. The van der Waals surface area contributed by atoms with Crippen molar-refractivity contribution in [1.82, 2.24) is 4.90 Å². The van der Waals surface area contributed by atoms with Gasteiger partial charge in [0.15, 0.2) is 0 Å². The second kappa shape index (κ2) is 7.85. The molecule has 0 aliphatic carbocycles. The van der Waals surface area contributed by atoms with Crippen LogP contribution in [0.3, 0.4) is 0 Å². The average Bonchev–Trinajstić information content (AvgIpc) is 2.46. The monoisotopic (exact) mass is 270 g/mol. The summed E-state index contributed by atoms with van der Waals surface area (Å²) in [5, 5.41) is 9.48. The van der Waals surface area contributed by atoms with Crippen molar-refractivity contribution in [3.63, 3.8) is 0 Å². The van der Waals surface area contributed by atoms with Crippen LogP contribution in [0.25, 0.3) is 0 Å². The third kappa shape index (κ3) is 3.69. The highest BCUT2D eigenvalue weighted by Crippen LogP contribution is 2.33. The maximum absolute atomic E-state index is 12.9. The van der Waals surface area contributed by atoms with Crippen LogP contribution in [0.5, 0.6) is 0 Å². The Labute approximate surface area is 117 Å². The molecule has 0 radical (unpaired) electrons. The lowest BCUT2D eigenvalue weighted by Gasteiger charge is -2.42. The summed E-state index contributed by atoms with van der Waals surface area (Å²) < 4.78 is 0. The van der Waals surface area contributed by atoms with Crippen molar-refractivity contribution in [2.24, 2.45) is 11.1 Å². The first-order valence-electron chi connectivity index (χ1n) is 7.77. The molecule has 0 saturated carbocycles. The van der Waals surface area contributed by atoms with Gasteiger partial charge in [-0.05, 0) is 32.1 Å². The number of rotatable bonds is 7. The Balaban J connectivity index is 2.90. The molecular weight excluding hydrogens is 240 g/mol. The zero-order valence-electron chi connectivity index (χ0n) is 12.5. The van der Waals surface area contributed by atoms with Crippen molar-refractivity contribution in [2.75, 3.05) is 19.7 Å². The van der Waals surface area contributed by atoms with Crippen LogP contribution >= 0.6 is 0 Å². The number of hydrogen-bond donors (Lipinski definition) is 2. The Hall–Kier alpha value is -0.610. The van der Waals surface area contributed by atoms with Gasteiger partial charge in [-0.15, -0.1) is 0 Å². The van der Waals surface area contributed by atoms with Crippen LogP contribution in [0.2, 0.25) is 0 Å². The van der Waals surface area contributed by atoms with Gasteiger partial charge < -0.3 is 15.7 Å². The molecule has 1 amide bonds. The molecule has 4 nitrogen and oxygen atoms in total. The fraction of sp³-hybridized carbons (Fsp3) is 0.933. The molecule has 0 aromatic heterocycles. The molecule has 1 heterocycles. The maximum atomic E-state index is 12.9. The molecule has 112 valence electrons. The Kier molecular flexibility index (Phi) is 6.80. The first-order chi connectivity index (χ1) is 9.15. The molecule has 1 saturated heterocycles. The lowest BCUT2D eigenvalue weighted by molar-refractivity contribution is -0.147. The van der Waals surface area contributed by atoms with Gasteiger partial charge in [-0.2, -0.15) is 0 Å². The van der Waals surface area contributed by atoms with E-state index in [1.54, 1.807) is 0 Å². The van der Waals surface area contributed by atoms with Gasteiger partial charge in [0.2, 0.25) is 5.91 Å². The molecule has 0 aromatic rings. The molecule has 1 atom stereocenters. The van der Waals surface area contributed by atoms with E-state index in [0.29, 0.717) is 6.54 Å². The van der Waals surface area contributed by atoms with E-state index in [1.807, 2.05) is 4.90 Å². The minimum absolute atomic E-state index is 0.000822. The van der Waals surface area contributed by atoms with E-state index in [2.05, 4.69) is 13.8 Å². The number of amides is 1. The van der Waals surface area contributed by atoms with Crippen LogP contribution in [-0.4, -0.2) is 41.7 Å². The zero-order chi connectivity index (χ0) is 14.3. The van der Waals surface area contributed by atoms with Gasteiger partial charge in [0.05, 0.1) is 18.1 Å². The Morgan fingerprint density at radius 3 is 2.42 bits per heavy atom. The van der Waals surface area contributed by atoms with Crippen molar-refractivity contribution in [1.29, 1.82) is 0 Å². The van der Waals surface area contributed by atoms with E-state index in [-0.39, 0.29) is 18.6 Å². The zero-order valence-corrected chi connectivity index (χ0v) is 12.5. The van der Waals surface area contributed by atoms with Crippen molar-refractivity contribution >= 4 is 5.91 Å². The predicted molar refractivity (Wildman–Crippen MR) is 77.7 cm³/mol. The summed E-state index contributed by atoms with van der Waals surface area (Å²) in [7, 11) is 0. The van der Waals surface area contributed by atoms with E-state index in [4.69, 9.17) is 5.73 Å². The number of aliphatic hydroxyl groups is 1. The summed E-state index contributed by atoms with van der Waals surface area (Å²) in [6, 6.07) is 0.000822. The Morgan fingerprint density at radius 1 is 1.32 bits per heavy atom. The minimum Gasteiger partial charge on any atom is -0.394 e. The average molecular weight is 270 g/mol. The molecule has 1 aliphatic rings. The number of piperidine rings is 1. The van der Waals surface area contributed by atoms with Crippen LogP contribution in [0.1, 0.15) is 58.8 Å². The van der Waals surface area contributed by atoms with Gasteiger partial charge in [-0.3, -0.25) is 4.79 Å². The van der Waals surface area contributed by atoms with Gasteiger partial charge in [-0.25, -0.2) is 0 Å². The third-order valence-corrected chi connectivity index (χ3v) is 4.40. The summed E-state index contributed by atoms with van der Waals surface area (Å²) >= 11 is 0. The summed E-state index contributed by atoms with van der Waals surface area (Å²) in [5.41, 5.74) is 5.56. The second-order valence-electron chi connectivity index (χ2n) is 5.82. The summed E-state index contributed by atoms with van der Waals surface area (Å²) in [5.74, 6) is 0.178. The number of aliphatic hydroxyl groups excluding tert-OH is 1. The first-order valence-corrected chi connectivity index (χ1v) is 7.77. The number of carbonyl (C=O) groups excluding carboxylic acids is 1. The normalized spacial score (nSPS) is 20.6. The van der Waals surface area contributed by atoms with Crippen molar-refractivity contribution in [3.8, 4) is 0 Å². The summed E-state index contributed by atoms with van der Waals surface area (Å²) in [6.45, 7) is 5.48. The highest BCUT2D eigenvalue weighted by atomic mass is 16.3. The molecule has 0 bridgehead atoms. The molecular formula is C15H30N2O2. The first kappa shape index (κ1) is 16.4. The largest absolute Gasteiger partial charge is 0.394 e. The third-order valence-electron chi connectivity index (χ3n) is 4.40. The Bertz CT molecular complexity index is 275. The molecule has 1 aliphatic heterocycles. The maximum Gasteiger partial charge on any atom is 0.230 e. The quantitative estimate of drug-likeness (QED) is 0.742. The van der Waals surface area contributed by atoms with Gasteiger partial charge in [0.1, 0.15) is 0 Å². The standard InChI is InChI=1S/C15H30N2O2/c1-3-8-15(12-16,9-4-2)14(19)17-10-6-5-7-13(17)11-18/h13,18H,3-12,16H2,1-2H3. The van der Waals surface area contributed by atoms with E-state index in [1.165, 1.54) is 0 Å². The van der Waals surface area contributed by atoms with Gasteiger partial charge in [0, 0.05) is 13.1 Å². The minimum atomic E-state index is -0.408. The molecule has 1 fully saturated rings. The number of hydrogen-bond acceptors (Lipinski definition) is 3. The summed E-state index contributed by atoms with van der Waals surface area (Å²) in [6.07, 6.45) is 6.71. The van der Waals surface area contributed by atoms with Crippen LogP contribution < -0.4 is 5.73 Å². The van der Waals surface area contributed by atoms with Crippen LogP contribution in [0, 0.1) is 5.41 Å². The van der Waals surface area contributed by atoms with Gasteiger partial charge in [0.25, 0.3) is 0 Å². The molecule has 19 heavy (non-hydrogen) atoms. The lowest BCUT2D eigenvalue weighted by atomic mass is 9.77. The molecule has 0 spiro atoms. The lowest BCUT2D eigenvalue weighted by Crippen LogP contribution is -2.54. The fourth-order valence-corrected chi connectivity index (χ4v) is 3.35. The van der Waals surface area contributed by atoms with Crippen molar-refractivity contribution in [2.45, 2.75) is 64.8 Å². The Morgan fingerprint density at radius 2 is 1.95 bits per heavy atom. The number of nitrogens with two attached hydrogens (primary N) is 1. The highest BCUT2D eigenvalue weighted by molar-refractivity contribution is 5.83. The molecule has 3 N–H and O–H groups in total. The van der Waals surface area contributed by atoms with Gasteiger partial charge in [-0.1, -0.05) is 26.7 Å². The molecule has 0 aromatic carbocycles. The van der Waals surface area contributed by atoms with E-state index in [0.717, 1.165) is 51.5 Å². The topological polar surface area (TPSA) is 66.6 Å². The van der Waals surface area contributed by atoms with E-state index in [9.17, 15) is 9.90 Å². The number of carbonyl (C=O) groups is 1. The molecule has 1 rings (SSSR count). The highest BCUT2D eigenvalue weighted by Gasteiger charge is 2.41. The number of likely N-dealkylation sites (tertiary alicyclic amines) is 1. The van der Waals surface area contributed by atoms with Gasteiger partial charge >= 0.3 is 0 Å². The molecule has 4 heteroatoms. The van der Waals surface area contributed by atoms with Crippen LogP contribution in [-0.2, 0) is 4.79 Å².